The van der Waals surface area contributed by atoms with Crippen LogP contribution in [-0.4, -0.2) is 30.9 Å². The topological polar surface area (TPSA) is 73.9 Å². The lowest BCUT2D eigenvalue weighted by molar-refractivity contribution is -0.274. The monoisotopic (exact) mass is 411 g/mol. The quantitative estimate of drug-likeness (QED) is 0.656. The molecule has 2 aromatic rings. The third-order valence-corrected chi connectivity index (χ3v) is 3.48. The second kappa shape index (κ2) is 9.92. The fraction of sp³-hybridized carbons (Fsp3) is 0.300. The van der Waals surface area contributed by atoms with E-state index in [4.69, 9.17) is 9.47 Å². The number of ether oxygens (including phenoxy) is 3. The predicted octanol–water partition coefficient (Wildman–Crippen LogP) is 4.31. The molecule has 29 heavy (non-hydrogen) atoms. The van der Waals surface area contributed by atoms with Crippen molar-refractivity contribution in [2.24, 2.45) is 0 Å². The van der Waals surface area contributed by atoms with E-state index in [1.807, 2.05) is 13.8 Å². The number of rotatable bonds is 8. The van der Waals surface area contributed by atoms with E-state index in [9.17, 15) is 22.8 Å². The van der Waals surface area contributed by atoms with Gasteiger partial charge in [-0.15, -0.1) is 13.2 Å². The summed E-state index contributed by atoms with van der Waals surface area (Å²) in [5.74, 6) is -1.72. The molecule has 6 nitrogen and oxygen atoms in total. The van der Waals surface area contributed by atoms with Crippen molar-refractivity contribution in [1.82, 2.24) is 0 Å². The van der Waals surface area contributed by atoms with E-state index in [2.05, 4.69) is 10.1 Å². The summed E-state index contributed by atoms with van der Waals surface area (Å²) >= 11 is 0. The Labute approximate surface area is 165 Å². The summed E-state index contributed by atoms with van der Waals surface area (Å²) in [5, 5.41) is 2.41. The van der Waals surface area contributed by atoms with E-state index in [0.717, 1.165) is 17.7 Å². The SMILES string of the molecule is CC(C)OCc1ccc(C(=O)OCC(=O)Nc2ccc(OC(F)(F)F)cc2)cc1. The van der Waals surface area contributed by atoms with Gasteiger partial charge < -0.3 is 19.5 Å². The lowest BCUT2D eigenvalue weighted by Crippen LogP contribution is -2.21. The van der Waals surface area contributed by atoms with Crippen LogP contribution >= 0.6 is 0 Å². The molecule has 1 amide bonds. The first-order chi connectivity index (χ1) is 13.6. The summed E-state index contributed by atoms with van der Waals surface area (Å²) in [4.78, 5) is 23.8. The van der Waals surface area contributed by atoms with Crippen molar-refractivity contribution >= 4 is 17.6 Å². The van der Waals surface area contributed by atoms with Gasteiger partial charge in [-0.1, -0.05) is 12.1 Å². The van der Waals surface area contributed by atoms with Gasteiger partial charge in [-0.25, -0.2) is 4.79 Å². The predicted molar refractivity (Wildman–Crippen MR) is 98.4 cm³/mol. The molecule has 0 saturated heterocycles. The van der Waals surface area contributed by atoms with Crippen LogP contribution in [0.1, 0.15) is 29.8 Å². The van der Waals surface area contributed by atoms with Crippen molar-refractivity contribution in [3.05, 3.63) is 59.7 Å². The maximum absolute atomic E-state index is 12.1. The number of carbonyl (C=O) groups excluding carboxylic acids is 2. The Kier molecular flexibility index (Phi) is 7.60. The molecular formula is C20H20F3NO5. The molecule has 0 radical (unpaired) electrons. The molecule has 0 bridgehead atoms. The van der Waals surface area contributed by atoms with Crippen molar-refractivity contribution in [2.75, 3.05) is 11.9 Å². The molecule has 0 fully saturated rings. The van der Waals surface area contributed by atoms with Gasteiger partial charge in [0.1, 0.15) is 5.75 Å². The molecule has 0 spiro atoms. The first-order valence-electron chi connectivity index (χ1n) is 8.66. The number of esters is 1. The molecule has 9 heteroatoms. The largest absolute Gasteiger partial charge is 0.573 e. The molecule has 0 aromatic heterocycles. The van der Waals surface area contributed by atoms with Crippen LogP contribution in [0.5, 0.6) is 5.75 Å². The number of halogens is 3. The van der Waals surface area contributed by atoms with Crippen LogP contribution in [0.15, 0.2) is 48.5 Å². The number of anilines is 1. The van der Waals surface area contributed by atoms with Gasteiger partial charge in [-0.3, -0.25) is 4.79 Å². The molecule has 1 N–H and O–H groups in total. The molecule has 0 atom stereocenters. The van der Waals surface area contributed by atoms with Gasteiger partial charge in [-0.2, -0.15) is 0 Å². The van der Waals surface area contributed by atoms with Crippen LogP contribution in [-0.2, 0) is 20.9 Å². The molecule has 0 aliphatic carbocycles. The first-order valence-corrected chi connectivity index (χ1v) is 8.66. The minimum atomic E-state index is -4.79. The summed E-state index contributed by atoms with van der Waals surface area (Å²) in [6.45, 7) is 3.71. The highest BCUT2D eigenvalue weighted by Gasteiger charge is 2.30. The van der Waals surface area contributed by atoms with Gasteiger partial charge in [-0.05, 0) is 55.8 Å². The van der Waals surface area contributed by atoms with Crippen molar-refractivity contribution in [3.8, 4) is 5.75 Å². The number of carbonyl (C=O) groups is 2. The maximum atomic E-state index is 12.1. The minimum absolute atomic E-state index is 0.0894. The number of alkyl halides is 3. The van der Waals surface area contributed by atoms with Crippen LogP contribution < -0.4 is 10.1 Å². The van der Waals surface area contributed by atoms with E-state index in [-0.39, 0.29) is 17.4 Å². The zero-order chi connectivity index (χ0) is 21.4. The Morgan fingerprint density at radius 3 is 2.17 bits per heavy atom. The van der Waals surface area contributed by atoms with Gasteiger partial charge in [0, 0.05) is 5.69 Å². The second-order valence-electron chi connectivity index (χ2n) is 6.25. The Hall–Kier alpha value is -3.07. The lowest BCUT2D eigenvalue weighted by Gasteiger charge is -2.10. The van der Waals surface area contributed by atoms with Gasteiger partial charge in [0.2, 0.25) is 0 Å². The average molecular weight is 411 g/mol. The molecule has 0 aliphatic rings. The molecule has 2 rings (SSSR count). The van der Waals surface area contributed by atoms with Crippen LogP contribution in [0.2, 0.25) is 0 Å². The number of hydrogen-bond acceptors (Lipinski definition) is 5. The van der Waals surface area contributed by atoms with E-state index in [1.54, 1.807) is 24.3 Å². The van der Waals surface area contributed by atoms with Gasteiger partial charge >= 0.3 is 12.3 Å². The summed E-state index contributed by atoms with van der Waals surface area (Å²) in [6.07, 6.45) is -4.70. The van der Waals surface area contributed by atoms with E-state index >= 15 is 0 Å². The summed E-state index contributed by atoms with van der Waals surface area (Å²) in [7, 11) is 0. The summed E-state index contributed by atoms with van der Waals surface area (Å²) in [6, 6.07) is 11.2. The molecule has 0 heterocycles. The van der Waals surface area contributed by atoms with E-state index in [0.29, 0.717) is 6.61 Å². The zero-order valence-corrected chi connectivity index (χ0v) is 15.8. The van der Waals surface area contributed by atoms with Gasteiger partial charge in [0.05, 0.1) is 18.3 Å². The lowest BCUT2D eigenvalue weighted by atomic mass is 10.1. The van der Waals surface area contributed by atoms with E-state index in [1.165, 1.54) is 12.1 Å². The maximum Gasteiger partial charge on any atom is 0.573 e. The fourth-order valence-electron chi connectivity index (χ4n) is 2.15. The first kappa shape index (κ1) is 22.2. The Morgan fingerprint density at radius 2 is 1.62 bits per heavy atom. The van der Waals surface area contributed by atoms with Crippen LogP contribution in [0, 0.1) is 0 Å². The third kappa shape index (κ3) is 8.22. The van der Waals surface area contributed by atoms with Crippen LogP contribution in [0.4, 0.5) is 18.9 Å². The molecule has 2 aromatic carbocycles. The van der Waals surface area contributed by atoms with Gasteiger partial charge in [0.15, 0.2) is 6.61 Å². The Balaban J connectivity index is 1.80. The highest BCUT2D eigenvalue weighted by atomic mass is 19.4. The van der Waals surface area contributed by atoms with Crippen LogP contribution in [0.3, 0.4) is 0 Å². The number of amides is 1. The molecule has 156 valence electrons. The van der Waals surface area contributed by atoms with Crippen molar-refractivity contribution in [3.63, 3.8) is 0 Å². The number of hydrogen-bond donors (Lipinski definition) is 1. The number of nitrogens with one attached hydrogen (secondary N) is 1. The molecule has 0 saturated carbocycles. The fourth-order valence-corrected chi connectivity index (χ4v) is 2.15. The average Bonchev–Trinajstić information content (AvgIpc) is 2.65. The normalized spacial score (nSPS) is 11.2. The Morgan fingerprint density at radius 1 is 1.00 bits per heavy atom. The Bertz CT molecular complexity index is 818. The van der Waals surface area contributed by atoms with Crippen LogP contribution in [0.25, 0.3) is 0 Å². The van der Waals surface area contributed by atoms with Gasteiger partial charge in [0.25, 0.3) is 5.91 Å². The van der Waals surface area contributed by atoms with Crippen molar-refractivity contribution < 1.29 is 37.0 Å². The summed E-state index contributed by atoms with van der Waals surface area (Å²) < 4.78 is 50.5. The smallest absolute Gasteiger partial charge is 0.452 e. The molecule has 0 aliphatic heterocycles. The van der Waals surface area contributed by atoms with Crippen molar-refractivity contribution in [2.45, 2.75) is 32.9 Å². The standard InChI is InChI=1S/C20H20F3NO5/c1-13(2)27-11-14-3-5-15(6-4-14)19(26)28-12-18(25)24-16-7-9-17(10-8-16)29-20(21,22)23/h3-10,13H,11-12H2,1-2H3,(H,24,25). The highest BCUT2D eigenvalue weighted by molar-refractivity contribution is 5.95. The molecular weight excluding hydrogens is 391 g/mol. The third-order valence-electron chi connectivity index (χ3n) is 3.48. The number of benzene rings is 2. The zero-order valence-electron chi connectivity index (χ0n) is 15.8. The highest BCUT2D eigenvalue weighted by Crippen LogP contribution is 2.23. The second-order valence-corrected chi connectivity index (χ2v) is 6.25. The van der Waals surface area contributed by atoms with E-state index < -0.39 is 30.6 Å². The summed E-state index contributed by atoms with van der Waals surface area (Å²) in [5.41, 5.74) is 1.40. The minimum Gasteiger partial charge on any atom is -0.452 e. The van der Waals surface area contributed by atoms with Crippen molar-refractivity contribution in [1.29, 1.82) is 0 Å². The molecule has 0 unspecified atom stereocenters.